The third kappa shape index (κ3) is 6.29. The molecule has 0 spiro atoms. The number of aliphatic hydroxyl groups excluding tert-OH is 1. The lowest BCUT2D eigenvalue weighted by atomic mass is 10.1. The summed E-state index contributed by atoms with van der Waals surface area (Å²) < 4.78 is 14.9. The van der Waals surface area contributed by atoms with Gasteiger partial charge in [-0.1, -0.05) is 6.07 Å². The highest BCUT2D eigenvalue weighted by Crippen LogP contribution is 2.28. The summed E-state index contributed by atoms with van der Waals surface area (Å²) in [4.78, 5) is 29.9. The molecule has 37 heavy (non-hydrogen) atoms. The predicted molar refractivity (Wildman–Crippen MR) is 142 cm³/mol. The van der Waals surface area contributed by atoms with Crippen LogP contribution in [0.1, 0.15) is 45.2 Å². The van der Waals surface area contributed by atoms with Crippen molar-refractivity contribution in [1.29, 1.82) is 0 Å². The van der Waals surface area contributed by atoms with E-state index in [2.05, 4.69) is 9.88 Å². The molecule has 4 rings (SSSR count). The van der Waals surface area contributed by atoms with E-state index in [-0.39, 0.29) is 5.56 Å². The Balaban J connectivity index is 1.66. The zero-order valence-corrected chi connectivity index (χ0v) is 22.6. The molecule has 1 fully saturated rings. The Morgan fingerprint density at radius 2 is 2.08 bits per heavy atom. The SMILES string of the molecule is Cc1cc(-c2nc3cc(CN[C@H](C(=O)OC(C)(C)C)[C@@H](C)O)ccc3n2CC2CCOC2)cn(C)c1=O. The van der Waals surface area contributed by atoms with Crippen LogP contribution in [0.5, 0.6) is 0 Å². The van der Waals surface area contributed by atoms with Crippen molar-refractivity contribution in [3.8, 4) is 11.4 Å². The molecule has 0 amide bonds. The molecule has 0 aliphatic carbocycles. The largest absolute Gasteiger partial charge is 0.459 e. The Morgan fingerprint density at radius 3 is 2.70 bits per heavy atom. The minimum absolute atomic E-state index is 0.0263. The summed E-state index contributed by atoms with van der Waals surface area (Å²) in [6, 6.07) is 7.08. The number of benzene rings is 1. The average Bonchev–Trinajstić information content (AvgIpc) is 3.44. The number of hydrogen-bond acceptors (Lipinski definition) is 7. The number of pyridine rings is 1. The average molecular weight is 511 g/mol. The Kier molecular flexibility index (Phi) is 7.87. The van der Waals surface area contributed by atoms with Crippen LogP contribution in [-0.2, 0) is 34.4 Å². The number of carbonyl (C=O) groups excluding carboxylic acids is 1. The fourth-order valence-electron chi connectivity index (χ4n) is 4.72. The summed E-state index contributed by atoms with van der Waals surface area (Å²) in [6.45, 7) is 11.4. The molecule has 2 aromatic heterocycles. The number of aryl methyl sites for hydroxylation is 2. The molecule has 3 heterocycles. The highest BCUT2D eigenvalue weighted by Gasteiger charge is 2.28. The van der Waals surface area contributed by atoms with Gasteiger partial charge in [0, 0.05) is 50.0 Å². The normalized spacial score (nSPS) is 17.8. The number of ether oxygens (including phenoxy) is 2. The standard InChI is InChI=1S/C28H38N4O5/c1-17-11-21(15-31(6)26(17)34)25-30-22-12-19(7-8-23(22)32(25)14-20-9-10-36-16-20)13-29-24(18(2)33)27(35)37-28(3,4)5/h7-8,11-12,15,18,20,24,29,33H,9-10,13-14,16H2,1-6H3/t18-,20?,24+/m1/s1. The summed E-state index contributed by atoms with van der Waals surface area (Å²) in [6.07, 6.45) is 1.92. The molecule has 1 aliphatic heterocycles. The molecule has 2 N–H and O–H groups in total. The summed E-state index contributed by atoms with van der Waals surface area (Å²) in [5, 5.41) is 13.3. The van der Waals surface area contributed by atoms with E-state index in [1.54, 1.807) is 39.3 Å². The van der Waals surface area contributed by atoms with Crippen molar-refractivity contribution in [2.24, 2.45) is 13.0 Å². The van der Waals surface area contributed by atoms with Crippen LogP contribution in [0.15, 0.2) is 35.3 Å². The number of carbonyl (C=O) groups is 1. The van der Waals surface area contributed by atoms with E-state index in [0.717, 1.165) is 54.2 Å². The van der Waals surface area contributed by atoms with E-state index in [0.29, 0.717) is 18.0 Å². The number of aliphatic hydroxyl groups is 1. The fourth-order valence-corrected chi connectivity index (χ4v) is 4.72. The van der Waals surface area contributed by atoms with Crippen molar-refractivity contribution in [3.05, 3.63) is 51.9 Å². The quantitative estimate of drug-likeness (QED) is 0.449. The zero-order valence-electron chi connectivity index (χ0n) is 22.6. The fraction of sp³-hybridized carbons (Fsp3) is 0.536. The van der Waals surface area contributed by atoms with Gasteiger partial charge in [0.15, 0.2) is 0 Å². The van der Waals surface area contributed by atoms with Crippen molar-refractivity contribution < 1.29 is 19.4 Å². The number of nitrogens with one attached hydrogen (secondary N) is 1. The van der Waals surface area contributed by atoms with E-state index in [1.807, 2.05) is 37.4 Å². The Bertz CT molecular complexity index is 1300. The summed E-state index contributed by atoms with van der Waals surface area (Å²) in [5.74, 6) is 0.715. The van der Waals surface area contributed by atoms with Crippen LogP contribution in [0.3, 0.4) is 0 Å². The molecule has 1 saturated heterocycles. The molecule has 0 bridgehead atoms. The molecule has 0 radical (unpaired) electrons. The van der Waals surface area contributed by atoms with E-state index < -0.39 is 23.7 Å². The highest BCUT2D eigenvalue weighted by molar-refractivity contribution is 5.81. The van der Waals surface area contributed by atoms with Gasteiger partial charge in [-0.2, -0.15) is 0 Å². The zero-order chi connectivity index (χ0) is 26.9. The molecule has 3 aromatic rings. The number of fused-ring (bicyclic) bond motifs is 1. The van der Waals surface area contributed by atoms with Gasteiger partial charge >= 0.3 is 5.97 Å². The van der Waals surface area contributed by atoms with Gasteiger partial charge in [0.25, 0.3) is 5.56 Å². The predicted octanol–water partition coefficient (Wildman–Crippen LogP) is 2.93. The number of nitrogens with zero attached hydrogens (tertiary/aromatic N) is 3. The maximum atomic E-state index is 12.6. The first kappa shape index (κ1) is 27.0. The van der Waals surface area contributed by atoms with Crippen LogP contribution in [-0.4, -0.2) is 56.2 Å². The Labute approximate surface area is 217 Å². The molecule has 1 unspecified atom stereocenters. The Hall–Kier alpha value is -3.01. The maximum Gasteiger partial charge on any atom is 0.326 e. The van der Waals surface area contributed by atoms with Crippen molar-refractivity contribution in [1.82, 2.24) is 19.4 Å². The molecule has 3 atom stereocenters. The van der Waals surface area contributed by atoms with Gasteiger partial charge in [0.2, 0.25) is 0 Å². The summed E-state index contributed by atoms with van der Waals surface area (Å²) in [7, 11) is 1.75. The van der Waals surface area contributed by atoms with E-state index in [4.69, 9.17) is 14.5 Å². The summed E-state index contributed by atoms with van der Waals surface area (Å²) in [5.41, 5.74) is 3.63. The second-order valence-corrected chi connectivity index (χ2v) is 11.1. The first-order valence-electron chi connectivity index (χ1n) is 12.8. The molecular formula is C28H38N4O5. The molecule has 0 saturated carbocycles. The maximum absolute atomic E-state index is 12.6. The first-order chi connectivity index (χ1) is 17.4. The lowest BCUT2D eigenvalue weighted by molar-refractivity contribution is -0.160. The second kappa shape index (κ2) is 10.8. The van der Waals surface area contributed by atoms with Crippen LogP contribution >= 0.6 is 0 Å². The van der Waals surface area contributed by atoms with Crippen molar-refractivity contribution in [2.45, 2.75) is 71.9 Å². The van der Waals surface area contributed by atoms with Crippen LogP contribution in [0, 0.1) is 12.8 Å². The highest BCUT2D eigenvalue weighted by atomic mass is 16.6. The molecule has 9 heteroatoms. The number of aromatic nitrogens is 3. The van der Waals surface area contributed by atoms with Gasteiger partial charge in [-0.05, 0) is 64.8 Å². The minimum Gasteiger partial charge on any atom is -0.459 e. The van der Waals surface area contributed by atoms with Crippen LogP contribution < -0.4 is 10.9 Å². The number of esters is 1. The third-order valence-electron chi connectivity index (χ3n) is 6.57. The van der Waals surface area contributed by atoms with Crippen molar-refractivity contribution >= 4 is 17.0 Å². The van der Waals surface area contributed by atoms with E-state index in [1.165, 1.54) is 0 Å². The molecular weight excluding hydrogens is 472 g/mol. The molecule has 1 aromatic carbocycles. The lowest BCUT2D eigenvalue weighted by Gasteiger charge is -2.26. The molecule has 1 aliphatic rings. The van der Waals surface area contributed by atoms with Crippen molar-refractivity contribution in [2.75, 3.05) is 13.2 Å². The lowest BCUT2D eigenvalue weighted by Crippen LogP contribution is -2.47. The monoisotopic (exact) mass is 510 g/mol. The van der Waals surface area contributed by atoms with E-state index in [9.17, 15) is 14.7 Å². The second-order valence-electron chi connectivity index (χ2n) is 11.1. The van der Waals surface area contributed by atoms with Gasteiger partial charge in [0.1, 0.15) is 17.5 Å². The van der Waals surface area contributed by atoms with Gasteiger partial charge < -0.3 is 23.7 Å². The summed E-state index contributed by atoms with van der Waals surface area (Å²) >= 11 is 0. The Morgan fingerprint density at radius 1 is 1.32 bits per heavy atom. The van der Waals surface area contributed by atoms with Crippen LogP contribution in [0.25, 0.3) is 22.4 Å². The van der Waals surface area contributed by atoms with Gasteiger partial charge in [-0.15, -0.1) is 0 Å². The molecule has 9 nitrogen and oxygen atoms in total. The third-order valence-corrected chi connectivity index (χ3v) is 6.57. The van der Waals surface area contributed by atoms with E-state index >= 15 is 0 Å². The number of hydrogen-bond donors (Lipinski definition) is 2. The smallest absolute Gasteiger partial charge is 0.326 e. The number of imidazole rings is 1. The minimum atomic E-state index is -0.911. The van der Waals surface area contributed by atoms with Crippen molar-refractivity contribution in [3.63, 3.8) is 0 Å². The topological polar surface area (TPSA) is 108 Å². The van der Waals surface area contributed by atoms with Crippen LogP contribution in [0.4, 0.5) is 0 Å². The first-order valence-corrected chi connectivity index (χ1v) is 12.8. The molecule has 200 valence electrons. The van der Waals surface area contributed by atoms with Gasteiger partial charge in [-0.25, -0.2) is 4.98 Å². The van der Waals surface area contributed by atoms with Gasteiger partial charge in [-0.3, -0.25) is 14.9 Å². The number of rotatable bonds is 8. The van der Waals surface area contributed by atoms with Gasteiger partial charge in [0.05, 0.1) is 23.7 Å². The van der Waals surface area contributed by atoms with Crippen LogP contribution in [0.2, 0.25) is 0 Å².